The number of alkyl halides is 1. The summed E-state index contributed by atoms with van der Waals surface area (Å²) in [5, 5.41) is 0.151. The van der Waals surface area contributed by atoms with E-state index < -0.39 is 101 Å². The van der Waals surface area contributed by atoms with Crippen LogP contribution in [0.4, 0.5) is 10.2 Å². The zero-order valence-corrected chi connectivity index (χ0v) is 47.8. The second-order valence-corrected chi connectivity index (χ2v) is 31.5. The van der Waals surface area contributed by atoms with Crippen molar-refractivity contribution in [3.8, 4) is 0 Å². The number of ether oxygens (including phenoxy) is 2. The number of carbonyl (C=O) groups excluding carboxylic acids is 3. The van der Waals surface area contributed by atoms with Gasteiger partial charge in [0.25, 0.3) is 23.3 Å². The molecule has 3 fully saturated rings. The molecule has 0 aliphatic carbocycles. The Morgan fingerprint density at radius 3 is 2.32 bits per heavy atom. The van der Waals surface area contributed by atoms with E-state index in [4.69, 9.17) is 66.7 Å². The third kappa shape index (κ3) is 10.4. The van der Waals surface area contributed by atoms with Crippen LogP contribution in [0.1, 0.15) is 76.3 Å². The molecule has 11 rings (SSSR count). The van der Waals surface area contributed by atoms with E-state index >= 15 is 4.39 Å². The summed E-state index contributed by atoms with van der Waals surface area (Å²) in [5.41, 5.74) is 1.43. The van der Waals surface area contributed by atoms with E-state index in [2.05, 4.69) is 24.8 Å². The van der Waals surface area contributed by atoms with Gasteiger partial charge in [0, 0.05) is 31.4 Å². The van der Waals surface area contributed by atoms with Gasteiger partial charge in [0.15, 0.2) is 38.1 Å². The maximum absolute atomic E-state index is 17.5. The number of fused-ring (bicyclic) bond motifs is 5. The molecule has 10 atom stereocenters. The number of anilines is 1. The molecule has 2 unspecified atom stereocenters. The molecule has 3 amide bonds. The minimum Gasteiger partial charge on any atom is -0.408 e. The van der Waals surface area contributed by atoms with Gasteiger partial charge in [-0.1, -0.05) is 51.1 Å². The Bertz CT molecular complexity index is 3560. The van der Waals surface area contributed by atoms with Crippen molar-refractivity contribution in [3.63, 3.8) is 0 Å². The van der Waals surface area contributed by atoms with Gasteiger partial charge in [-0.05, 0) is 84.4 Å². The van der Waals surface area contributed by atoms with Crippen LogP contribution in [0.2, 0.25) is 18.1 Å². The molecular formula is C50H55FN10O13P2S2Si. The number of halogens is 1. The molecule has 29 heteroatoms. The molecular weight excluding hydrogens is 1120 g/mol. The van der Waals surface area contributed by atoms with Crippen LogP contribution in [0.5, 0.6) is 0 Å². The Morgan fingerprint density at radius 1 is 0.886 bits per heavy atom. The molecule has 0 saturated carbocycles. The second kappa shape index (κ2) is 21.5. The van der Waals surface area contributed by atoms with Gasteiger partial charge in [-0.25, -0.2) is 30.9 Å². The number of rotatable bonds is 11. The van der Waals surface area contributed by atoms with E-state index in [0.717, 1.165) is 10.5 Å². The number of hydrogen-bond donors (Lipinski definition) is 1. The third-order valence-electron chi connectivity index (χ3n) is 15.1. The number of nitrogens with zero attached hydrogens (tertiary/aromatic N) is 10. The van der Waals surface area contributed by atoms with E-state index in [9.17, 15) is 24.1 Å². The number of benzene rings is 2. The van der Waals surface area contributed by atoms with E-state index in [1.807, 2.05) is 39.9 Å². The molecule has 5 aliphatic rings. The predicted octanol–water partition coefficient (Wildman–Crippen LogP) is 6.64. The molecule has 4 aromatic heterocycles. The lowest BCUT2D eigenvalue weighted by atomic mass is 10.1. The monoisotopic (exact) mass is 1180 g/mol. The highest BCUT2D eigenvalue weighted by Crippen LogP contribution is 2.58. The number of imidazole rings is 1. The highest BCUT2D eigenvalue weighted by molar-refractivity contribution is 8.07. The van der Waals surface area contributed by atoms with Crippen molar-refractivity contribution < 1.29 is 60.2 Å². The molecule has 9 heterocycles. The zero-order chi connectivity index (χ0) is 55.8. The summed E-state index contributed by atoms with van der Waals surface area (Å²) in [4.78, 5) is 90.6. The molecule has 2 aromatic carbocycles. The molecule has 1 N–H and O–H groups in total. The van der Waals surface area contributed by atoms with E-state index in [1.165, 1.54) is 32.7 Å². The number of imide groups is 1. The summed E-state index contributed by atoms with van der Waals surface area (Å²) in [6.45, 7) is 7.84. The summed E-state index contributed by atoms with van der Waals surface area (Å²) in [5.74, 6) is -0.850. The van der Waals surface area contributed by atoms with Gasteiger partial charge >= 0.3 is 13.4 Å². The summed E-state index contributed by atoms with van der Waals surface area (Å²) in [6, 6.07) is 15.3. The van der Waals surface area contributed by atoms with Crippen molar-refractivity contribution in [2.75, 3.05) is 44.4 Å². The molecule has 2 bridgehead atoms. The standard InChI is InChI=1S/C50H55FN10O13P2S2Si/c1-50(2,3)79(5,6)74-39-34-24-68-75(66,77)72-38-33(70-48(36(38)51)60-23-30-15-12-19-58(41-35(30)42(60)54-26-53-41)44(62)29-13-8-7-9-14-29)25-69-76(78,67-22-18-52-4)73-40(39)49(71-34)61-28-55-37-43(61)56-27-57(47(37)65)20-21-59-45(63)31-16-10-11-17-32(31)46(59)64/h7-11,13-14,16-17,23,26-28,33-34,36,38-40,48-49H,12,15,18-22,24-25H2,1-3,5-6H3,(H,66,77)/t33-,34-,36-,38-,39-,40-,48-,49-,75?,76?/m1/s1. The first-order valence-electron chi connectivity index (χ1n) is 25.5. The molecule has 3 saturated heterocycles. The van der Waals surface area contributed by atoms with Crippen molar-refractivity contribution >= 4 is 91.1 Å². The maximum atomic E-state index is 17.5. The first kappa shape index (κ1) is 55.5. The van der Waals surface area contributed by atoms with Gasteiger partial charge in [0.05, 0.1) is 36.1 Å². The van der Waals surface area contributed by atoms with Gasteiger partial charge in [0.2, 0.25) is 6.54 Å². The average Bonchev–Trinajstić information content (AvgIpc) is 4.41. The van der Waals surface area contributed by atoms with Crippen LogP contribution in [0.25, 0.3) is 27.0 Å². The fraction of sp³-hybridized carbons (Fsp3) is 0.460. The molecule has 416 valence electrons. The minimum atomic E-state index is -4.43. The average molecular weight is 1180 g/mol. The fourth-order valence-electron chi connectivity index (χ4n) is 10.1. The van der Waals surface area contributed by atoms with Crippen LogP contribution < -0.4 is 10.5 Å². The lowest BCUT2D eigenvalue weighted by molar-refractivity contribution is -0.0615. The van der Waals surface area contributed by atoms with Crippen LogP contribution in [0, 0.1) is 6.57 Å². The van der Waals surface area contributed by atoms with E-state index in [-0.39, 0.29) is 65.1 Å². The highest BCUT2D eigenvalue weighted by atomic mass is 32.5. The lowest BCUT2D eigenvalue weighted by Crippen LogP contribution is -2.50. The zero-order valence-electron chi connectivity index (χ0n) is 43.4. The van der Waals surface area contributed by atoms with Gasteiger partial charge in [-0.2, -0.15) is 0 Å². The van der Waals surface area contributed by atoms with Crippen LogP contribution in [0.3, 0.4) is 0 Å². The number of hydrogen-bond acceptors (Lipinski definition) is 18. The third-order valence-corrected chi connectivity index (χ3v) is 23.5. The SMILES string of the molecule is [C-]#[N+]CCOP1(=S)OC[C@H]2O[C@@H](n3cc4c5c(ncnc53)N(C(=O)c3ccccc3)CCC4)[C@H](F)[C@@H]2OP(O)(=S)OC[C@H]2O[C@@H](n3cnc4c(=O)n(CCN5C(=O)c6ccccc6C5=O)cnc43)[C@H](O1)[C@@H]2O[Si](C)(C)C(C)(C)C. The van der Waals surface area contributed by atoms with Crippen molar-refractivity contribution in [1.82, 2.24) is 38.5 Å². The van der Waals surface area contributed by atoms with Crippen LogP contribution in [-0.2, 0) is 73.1 Å². The molecule has 5 aliphatic heterocycles. The van der Waals surface area contributed by atoms with Crippen LogP contribution in [0.15, 0.2) is 84.6 Å². The first-order chi connectivity index (χ1) is 37.7. The van der Waals surface area contributed by atoms with Gasteiger partial charge in [0.1, 0.15) is 61.2 Å². The molecule has 79 heavy (non-hydrogen) atoms. The largest absolute Gasteiger partial charge is 0.408 e. The van der Waals surface area contributed by atoms with Crippen LogP contribution >= 0.6 is 13.4 Å². The fourth-order valence-corrected chi connectivity index (χ4v) is 14.9. The second-order valence-electron chi connectivity index (χ2n) is 21.0. The summed E-state index contributed by atoms with van der Waals surface area (Å²) in [7, 11) is -2.82. The van der Waals surface area contributed by atoms with Gasteiger partial charge < -0.3 is 41.8 Å². The molecule has 6 aromatic rings. The summed E-state index contributed by atoms with van der Waals surface area (Å²) < 4.78 is 73.9. The first-order valence-corrected chi connectivity index (χ1v) is 33.5. The van der Waals surface area contributed by atoms with Crippen molar-refractivity contribution in [2.24, 2.45) is 0 Å². The van der Waals surface area contributed by atoms with Crippen molar-refractivity contribution in [3.05, 3.63) is 124 Å². The Morgan fingerprint density at radius 2 is 1.59 bits per heavy atom. The Balaban J connectivity index is 0.925. The normalized spacial score (nSPS) is 28.5. The predicted molar refractivity (Wildman–Crippen MR) is 292 cm³/mol. The van der Waals surface area contributed by atoms with Crippen LogP contribution in [-0.4, -0.2) is 146 Å². The highest BCUT2D eigenvalue weighted by Gasteiger charge is 2.56. The van der Waals surface area contributed by atoms with Gasteiger partial charge in [-0.3, -0.25) is 47.2 Å². The van der Waals surface area contributed by atoms with E-state index in [0.29, 0.717) is 36.2 Å². The number of aromatic nitrogens is 7. The summed E-state index contributed by atoms with van der Waals surface area (Å²) in [6.07, 6.45) is -4.59. The van der Waals surface area contributed by atoms with Gasteiger partial charge in [-0.15, -0.1) is 0 Å². The Kier molecular flexibility index (Phi) is 15.1. The smallest absolute Gasteiger partial charge is 0.328 e. The van der Waals surface area contributed by atoms with E-state index in [1.54, 1.807) is 59.6 Å². The Labute approximate surface area is 463 Å². The van der Waals surface area contributed by atoms with Crippen molar-refractivity contribution in [1.29, 1.82) is 0 Å². The Hall–Kier alpha value is -5.40. The maximum Gasteiger partial charge on any atom is 0.328 e. The lowest BCUT2D eigenvalue weighted by Gasteiger charge is -2.41. The molecule has 23 nitrogen and oxygen atoms in total. The quantitative estimate of drug-likeness (QED) is 0.0470. The van der Waals surface area contributed by atoms with Crippen molar-refractivity contribution in [2.45, 2.75) is 107 Å². The number of aryl methyl sites for hydroxylation is 1. The topological polar surface area (TPSA) is 240 Å². The molecule has 0 spiro atoms. The number of amides is 3. The summed E-state index contributed by atoms with van der Waals surface area (Å²) >= 11 is 11.8. The molecule has 0 radical (unpaired) electrons. The minimum absolute atomic E-state index is 0.0508. The number of carbonyl (C=O) groups is 3.